The number of aliphatic hydroxyl groups is 1. The number of carboxylic acid groups (broad SMARTS) is 1. The van der Waals surface area contributed by atoms with Crippen molar-refractivity contribution in [2.45, 2.75) is 51.6 Å². The van der Waals surface area contributed by atoms with Gasteiger partial charge < -0.3 is 19.8 Å². The summed E-state index contributed by atoms with van der Waals surface area (Å²) in [5, 5.41) is 19.2. The molecule has 1 aromatic carbocycles. The monoisotopic (exact) mass is 337 g/mol. The predicted octanol–water partition coefficient (Wildman–Crippen LogP) is 2.83. The standard InChI is InChI=1S/C18H27NO5/c1-4-10-18(23,11-5-2)12-16(20)19(3)14-6-8-15(9-7-14)24-13-17(21)22/h6-9,23H,4-5,10-13H2,1-3H3,(H,21,22). The molecule has 1 amide bonds. The summed E-state index contributed by atoms with van der Waals surface area (Å²) < 4.78 is 5.06. The predicted molar refractivity (Wildman–Crippen MR) is 92.4 cm³/mol. The van der Waals surface area contributed by atoms with Crippen LogP contribution in [0.3, 0.4) is 0 Å². The van der Waals surface area contributed by atoms with Gasteiger partial charge in [-0.2, -0.15) is 0 Å². The fourth-order valence-electron chi connectivity index (χ4n) is 2.69. The van der Waals surface area contributed by atoms with Gasteiger partial charge in [0, 0.05) is 12.7 Å². The first-order chi connectivity index (χ1) is 11.3. The number of carbonyl (C=O) groups excluding carboxylic acids is 1. The molecule has 24 heavy (non-hydrogen) atoms. The molecule has 0 atom stereocenters. The summed E-state index contributed by atoms with van der Waals surface area (Å²) in [6, 6.07) is 6.61. The molecular weight excluding hydrogens is 310 g/mol. The second-order valence-electron chi connectivity index (χ2n) is 6.03. The zero-order valence-corrected chi connectivity index (χ0v) is 14.6. The van der Waals surface area contributed by atoms with Gasteiger partial charge >= 0.3 is 5.97 Å². The van der Waals surface area contributed by atoms with Crippen molar-refractivity contribution in [3.8, 4) is 5.75 Å². The zero-order chi connectivity index (χ0) is 18.2. The van der Waals surface area contributed by atoms with Gasteiger partial charge in [-0.25, -0.2) is 4.79 Å². The Balaban J connectivity index is 2.72. The summed E-state index contributed by atoms with van der Waals surface area (Å²) in [6.45, 7) is 3.57. The number of amides is 1. The lowest BCUT2D eigenvalue weighted by atomic mass is 9.89. The first-order valence-electron chi connectivity index (χ1n) is 8.25. The normalized spacial score (nSPS) is 11.2. The summed E-state index contributed by atoms with van der Waals surface area (Å²) >= 11 is 0. The number of anilines is 1. The Morgan fingerprint density at radius 1 is 1.12 bits per heavy atom. The van der Waals surface area contributed by atoms with Gasteiger partial charge in [0.1, 0.15) is 5.75 Å². The smallest absolute Gasteiger partial charge is 0.341 e. The minimum atomic E-state index is -1.04. The molecule has 6 nitrogen and oxygen atoms in total. The molecule has 1 rings (SSSR count). The molecule has 134 valence electrons. The minimum Gasteiger partial charge on any atom is -0.482 e. The first kappa shape index (κ1) is 20.0. The van der Waals surface area contributed by atoms with Crippen LogP contribution in [0.5, 0.6) is 5.75 Å². The van der Waals surface area contributed by atoms with E-state index in [0.717, 1.165) is 12.8 Å². The van der Waals surface area contributed by atoms with Crippen LogP contribution < -0.4 is 9.64 Å². The van der Waals surface area contributed by atoms with E-state index < -0.39 is 18.2 Å². The van der Waals surface area contributed by atoms with Crippen LogP contribution in [0.15, 0.2) is 24.3 Å². The highest BCUT2D eigenvalue weighted by atomic mass is 16.5. The Labute approximate surface area is 143 Å². The molecule has 0 saturated carbocycles. The number of rotatable bonds is 10. The molecule has 0 bridgehead atoms. The minimum absolute atomic E-state index is 0.0858. The van der Waals surface area contributed by atoms with Crippen LogP contribution in [0, 0.1) is 0 Å². The van der Waals surface area contributed by atoms with Crippen molar-refractivity contribution in [2.24, 2.45) is 0 Å². The van der Waals surface area contributed by atoms with Crippen molar-refractivity contribution >= 4 is 17.6 Å². The van der Waals surface area contributed by atoms with Gasteiger partial charge in [-0.05, 0) is 37.1 Å². The maximum absolute atomic E-state index is 12.5. The number of benzene rings is 1. The lowest BCUT2D eigenvalue weighted by Crippen LogP contribution is -2.37. The fraction of sp³-hybridized carbons (Fsp3) is 0.556. The van der Waals surface area contributed by atoms with Crippen molar-refractivity contribution in [3.05, 3.63) is 24.3 Å². The van der Waals surface area contributed by atoms with E-state index in [9.17, 15) is 14.7 Å². The molecule has 0 fully saturated rings. The summed E-state index contributed by atoms with van der Waals surface area (Å²) in [6.07, 6.45) is 2.93. The van der Waals surface area contributed by atoms with Gasteiger partial charge in [-0.15, -0.1) is 0 Å². The van der Waals surface area contributed by atoms with E-state index in [2.05, 4.69) is 0 Å². The highest BCUT2D eigenvalue weighted by molar-refractivity contribution is 5.93. The van der Waals surface area contributed by atoms with Gasteiger partial charge in [0.2, 0.25) is 5.91 Å². The summed E-state index contributed by atoms with van der Waals surface area (Å²) in [5.74, 6) is -0.772. The van der Waals surface area contributed by atoms with E-state index in [1.54, 1.807) is 31.3 Å². The number of ether oxygens (including phenoxy) is 1. The molecular formula is C18H27NO5. The van der Waals surface area contributed by atoms with Gasteiger partial charge in [-0.3, -0.25) is 4.79 Å². The average molecular weight is 337 g/mol. The number of aliphatic carboxylic acids is 1. The summed E-state index contributed by atoms with van der Waals surface area (Å²) in [4.78, 5) is 24.4. The molecule has 0 aliphatic carbocycles. The van der Waals surface area contributed by atoms with Crippen LogP contribution in [-0.4, -0.2) is 41.3 Å². The fourth-order valence-corrected chi connectivity index (χ4v) is 2.69. The number of carbonyl (C=O) groups is 2. The second-order valence-corrected chi connectivity index (χ2v) is 6.03. The quantitative estimate of drug-likeness (QED) is 0.685. The molecule has 1 aromatic rings. The largest absolute Gasteiger partial charge is 0.482 e. The van der Waals surface area contributed by atoms with Crippen molar-refractivity contribution in [1.29, 1.82) is 0 Å². The van der Waals surface area contributed by atoms with Crippen molar-refractivity contribution < 1.29 is 24.5 Å². The molecule has 0 unspecified atom stereocenters. The van der Waals surface area contributed by atoms with Crippen molar-refractivity contribution in [2.75, 3.05) is 18.6 Å². The molecule has 0 aliphatic rings. The topological polar surface area (TPSA) is 87.1 Å². The van der Waals surface area contributed by atoms with Crippen LogP contribution >= 0.6 is 0 Å². The number of carboxylic acids is 1. The highest BCUT2D eigenvalue weighted by Crippen LogP contribution is 2.26. The number of nitrogens with zero attached hydrogens (tertiary/aromatic N) is 1. The Morgan fingerprint density at radius 2 is 1.67 bits per heavy atom. The SMILES string of the molecule is CCCC(O)(CCC)CC(=O)N(C)c1ccc(OCC(=O)O)cc1. The first-order valence-corrected chi connectivity index (χ1v) is 8.25. The lowest BCUT2D eigenvalue weighted by Gasteiger charge is -2.29. The molecule has 2 N–H and O–H groups in total. The Morgan fingerprint density at radius 3 is 2.12 bits per heavy atom. The van der Waals surface area contributed by atoms with Crippen LogP contribution in [0.1, 0.15) is 46.0 Å². The Hall–Kier alpha value is -2.08. The van der Waals surface area contributed by atoms with E-state index in [1.807, 2.05) is 13.8 Å². The Kier molecular flexibility index (Phi) is 7.71. The third kappa shape index (κ3) is 6.20. The maximum atomic E-state index is 12.5. The van der Waals surface area contributed by atoms with Crippen LogP contribution in [0.25, 0.3) is 0 Å². The molecule has 0 aromatic heterocycles. The third-order valence-corrected chi connectivity index (χ3v) is 3.87. The molecule has 0 heterocycles. The van der Waals surface area contributed by atoms with E-state index in [4.69, 9.17) is 9.84 Å². The number of hydrogen-bond donors (Lipinski definition) is 2. The Bertz CT molecular complexity index is 535. The molecule has 0 radical (unpaired) electrons. The third-order valence-electron chi connectivity index (χ3n) is 3.87. The molecule has 0 spiro atoms. The summed E-state index contributed by atoms with van der Waals surface area (Å²) in [7, 11) is 1.66. The van der Waals surface area contributed by atoms with Crippen molar-refractivity contribution in [1.82, 2.24) is 0 Å². The molecule has 6 heteroatoms. The average Bonchev–Trinajstić information content (AvgIpc) is 2.53. The van der Waals surface area contributed by atoms with Gasteiger partial charge in [0.25, 0.3) is 0 Å². The van der Waals surface area contributed by atoms with Crippen LogP contribution in [0.2, 0.25) is 0 Å². The molecule has 0 saturated heterocycles. The van der Waals surface area contributed by atoms with Gasteiger partial charge in [-0.1, -0.05) is 26.7 Å². The van der Waals surface area contributed by atoms with Gasteiger partial charge in [0.05, 0.1) is 12.0 Å². The van der Waals surface area contributed by atoms with E-state index >= 15 is 0 Å². The van der Waals surface area contributed by atoms with E-state index in [1.165, 1.54) is 4.90 Å². The maximum Gasteiger partial charge on any atom is 0.341 e. The van der Waals surface area contributed by atoms with Gasteiger partial charge in [0.15, 0.2) is 6.61 Å². The summed E-state index contributed by atoms with van der Waals surface area (Å²) in [5.41, 5.74) is -0.294. The molecule has 0 aliphatic heterocycles. The van der Waals surface area contributed by atoms with Crippen LogP contribution in [-0.2, 0) is 9.59 Å². The van der Waals surface area contributed by atoms with Crippen molar-refractivity contribution in [3.63, 3.8) is 0 Å². The van der Waals surface area contributed by atoms with Crippen LogP contribution in [0.4, 0.5) is 5.69 Å². The van der Waals surface area contributed by atoms with E-state index in [0.29, 0.717) is 24.3 Å². The zero-order valence-electron chi connectivity index (χ0n) is 14.6. The lowest BCUT2D eigenvalue weighted by molar-refractivity contribution is -0.139. The van der Waals surface area contributed by atoms with E-state index in [-0.39, 0.29) is 12.3 Å². The second kappa shape index (κ2) is 9.27. The highest BCUT2D eigenvalue weighted by Gasteiger charge is 2.29. The number of hydrogen-bond acceptors (Lipinski definition) is 4.